The van der Waals surface area contributed by atoms with Crippen molar-refractivity contribution in [1.82, 2.24) is 9.88 Å². The second kappa shape index (κ2) is 5.29. The number of likely N-dealkylation sites (tertiary alicyclic amines) is 1. The molecule has 0 atom stereocenters. The first kappa shape index (κ1) is 14.6. The van der Waals surface area contributed by atoms with Gasteiger partial charge in [0.05, 0.1) is 4.87 Å². The molecule has 0 unspecified atom stereocenters. The third-order valence-corrected chi connectivity index (χ3v) is 4.67. The van der Waals surface area contributed by atoms with Crippen LogP contribution < -0.4 is 0 Å². The molecule has 1 amide bonds. The molecule has 1 saturated heterocycles. The molecule has 19 heavy (non-hydrogen) atoms. The fraction of sp³-hybridized carbons (Fsp3) is 0.692. The fourth-order valence-electron chi connectivity index (χ4n) is 2.03. The topological polar surface area (TPSA) is 42.4 Å². The number of alkyl halides is 1. The number of hydrogen-bond donors (Lipinski definition) is 0. The highest BCUT2D eigenvalue weighted by Gasteiger charge is 2.38. The SMILES string of the molecule is CC(C)(C)OC(=O)N1CCC(Cl)(c2nccs2)CC1. The normalized spacial score (nSPS) is 19.3. The molecule has 1 aromatic rings. The van der Waals surface area contributed by atoms with Gasteiger partial charge in [-0.2, -0.15) is 0 Å². The third-order valence-electron chi connectivity index (χ3n) is 3.02. The van der Waals surface area contributed by atoms with Gasteiger partial charge in [-0.1, -0.05) is 0 Å². The van der Waals surface area contributed by atoms with E-state index in [1.807, 2.05) is 26.2 Å². The summed E-state index contributed by atoms with van der Waals surface area (Å²) < 4.78 is 5.37. The van der Waals surface area contributed by atoms with E-state index in [9.17, 15) is 4.79 Å². The lowest BCUT2D eigenvalue weighted by molar-refractivity contribution is 0.0193. The zero-order chi connectivity index (χ0) is 14.1. The van der Waals surface area contributed by atoms with Crippen LogP contribution in [-0.2, 0) is 9.61 Å². The van der Waals surface area contributed by atoms with E-state index in [-0.39, 0.29) is 6.09 Å². The summed E-state index contributed by atoms with van der Waals surface area (Å²) in [6.07, 6.45) is 2.93. The lowest BCUT2D eigenvalue weighted by Gasteiger charge is -2.37. The summed E-state index contributed by atoms with van der Waals surface area (Å²) in [5.41, 5.74) is -0.456. The van der Waals surface area contributed by atoms with Crippen molar-refractivity contribution in [3.63, 3.8) is 0 Å². The molecule has 1 aliphatic rings. The molecule has 0 aromatic carbocycles. The minimum atomic E-state index is -0.456. The minimum Gasteiger partial charge on any atom is -0.444 e. The highest BCUT2D eigenvalue weighted by atomic mass is 35.5. The lowest BCUT2D eigenvalue weighted by atomic mass is 9.97. The van der Waals surface area contributed by atoms with Crippen molar-refractivity contribution in [1.29, 1.82) is 0 Å². The monoisotopic (exact) mass is 302 g/mol. The molecule has 106 valence electrons. The molecular weight excluding hydrogens is 284 g/mol. The Kier molecular flexibility index (Phi) is 4.06. The number of aromatic nitrogens is 1. The molecule has 1 fully saturated rings. The first-order valence-electron chi connectivity index (χ1n) is 6.37. The minimum absolute atomic E-state index is 0.259. The number of nitrogens with zero attached hydrogens (tertiary/aromatic N) is 2. The van der Waals surface area contributed by atoms with Crippen molar-refractivity contribution in [2.45, 2.75) is 44.1 Å². The van der Waals surface area contributed by atoms with Gasteiger partial charge >= 0.3 is 6.09 Å². The first-order chi connectivity index (χ1) is 8.80. The molecule has 1 aliphatic heterocycles. The van der Waals surface area contributed by atoms with E-state index >= 15 is 0 Å². The third kappa shape index (κ3) is 3.60. The van der Waals surface area contributed by atoms with Crippen LogP contribution in [0.4, 0.5) is 4.79 Å². The number of ether oxygens (including phenoxy) is 1. The second-order valence-electron chi connectivity index (χ2n) is 5.77. The van der Waals surface area contributed by atoms with Crippen LogP contribution >= 0.6 is 22.9 Å². The number of piperidine rings is 1. The van der Waals surface area contributed by atoms with Crippen LogP contribution in [0.1, 0.15) is 38.6 Å². The maximum absolute atomic E-state index is 12.0. The van der Waals surface area contributed by atoms with Crippen LogP contribution in [0.15, 0.2) is 11.6 Å². The van der Waals surface area contributed by atoms with Gasteiger partial charge in [0.25, 0.3) is 0 Å². The zero-order valence-electron chi connectivity index (χ0n) is 11.5. The molecule has 0 aliphatic carbocycles. The number of thiazole rings is 1. The molecule has 0 saturated carbocycles. The van der Waals surface area contributed by atoms with Crippen LogP contribution in [0.2, 0.25) is 0 Å². The molecule has 0 radical (unpaired) electrons. The van der Waals surface area contributed by atoms with Gasteiger partial charge in [-0.05, 0) is 33.6 Å². The predicted octanol–water partition coefficient (Wildman–Crippen LogP) is 3.61. The number of hydrogen-bond acceptors (Lipinski definition) is 4. The van der Waals surface area contributed by atoms with Crippen molar-refractivity contribution in [3.8, 4) is 0 Å². The van der Waals surface area contributed by atoms with E-state index in [0.29, 0.717) is 25.9 Å². The number of carbonyl (C=O) groups is 1. The van der Waals surface area contributed by atoms with Gasteiger partial charge in [0.1, 0.15) is 10.6 Å². The lowest BCUT2D eigenvalue weighted by Crippen LogP contribution is -2.45. The van der Waals surface area contributed by atoms with Gasteiger partial charge in [-0.3, -0.25) is 0 Å². The summed E-state index contributed by atoms with van der Waals surface area (Å²) in [5, 5.41) is 2.87. The molecular formula is C13H19ClN2O2S. The number of halogens is 1. The van der Waals surface area contributed by atoms with Crippen LogP contribution in [-0.4, -0.2) is 34.7 Å². The summed E-state index contributed by atoms with van der Waals surface area (Å²) in [4.78, 5) is 17.5. The van der Waals surface area contributed by atoms with Crippen LogP contribution in [0.25, 0.3) is 0 Å². The van der Waals surface area contributed by atoms with Crippen LogP contribution in [0, 0.1) is 0 Å². The van der Waals surface area contributed by atoms with Gasteiger partial charge in [0.2, 0.25) is 0 Å². The van der Waals surface area contributed by atoms with Crippen molar-refractivity contribution >= 4 is 29.0 Å². The summed E-state index contributed by atoms with van der Waals surface area (Å²) in [5.74, 6) is 0. The Morgan fingerprint density at radius 1 is 1.47 bits per heavy atom. The van der Waals surface area contributed by atoms with Gasteiger partial charge in [-0.25, -0.2) is 9.78 Å². The molecule has 6 heteroatoms. The highest BCUT2D eigenvalue weighted by molar-refractivity contribution is 7.10. The Hall–Kier alpha value is -0.810. The maximum Gasteiger partial charge on any atom is 0.410 e. The van der Waals surface area contributed by atoms with Gasteiger partial charge in [-0.15, -0.1) is 22.9 Å². The molecule has 2 rings (SSSR count). The zero-order valence-corrected chi connectivity index (χ0v) is 13.1. The van der Waals surface area contributed by atoms with E-state index in [1.54, 1.807) is 22.4 Å². The van der Waals surface area contributed by atoms with Crippen LogP contribution in [0.3, 0.4) is 0 Å². The largest absolute Gasteiger partial charge is 0.444 e. The van der Waals surface area contributed by atoms with E-state index in [4.69, 9.17) is 16.3 Å². The van der Waals surface area contributed by atoms with Crippen molar-refractivity contribution in [2.75, 3.05) is 13.1 Å². The standard InChI is InChI=1S/C13H19ClN2O2S/c1-12(2,3)18-11(17)16-7-4-13(14,5-8-16)10-15-6-9-19-10/h6,9H,4-5,7-8H2,1-3H3. The van der Waals surface area contributed by atoms with E-state index < -0.39 is 10.5 Å². The second-order valence-corrected chi connectivity index (χ2v) is 7.39. The first-order valence-corrected chi connectivity index (χ1v) is 7.63. The summed E-state index contributed by atoms with van der Waals surface area (Å²) in [6.45, 7) is 6.83. The van der Waals surface area contributed by atoms with Gasteiger partial charge < -0.3 is 9.64 Å². The average Bonchev–Trinajstić information content (AvgIpc) is 2.81. The van der Waals surface area contributed by atoms with Gasteiger partial charge in [0, 0.05) is 24.7 Å². The number of amides is 1. The average molecular weight is 303 g/mol. The Bertz CT molecular complexity index is 434. The van der Waals surface area contributed by atoms with Crippen LogP contribution in [0.5, 0.6) is 0 Å². The Morgan fingerprint density at radius 2 is 2.11 bits per heavy atom. The molecule has 0 N–H and O–H groups in total. The predicted molar refractivity (Wildman–Crippen MR) is 76.7 cm³/mol. The van der Waals surface area contributed by atoms with E-state index in [1.165, 1.54) is 0 Å². The summed E-state index contributed by atoms with van der Waals surface area (Å²) >= 11 is 8.18. The highest BCUT2D eigenvalue weighted by Crippen LogP contribution is 2.40. The Labute approximate surface area is 122 Å². The molecule has 0 bridgehead atoms. The Morgan fingerprint density at radius 3 is 2.58 bits per heavy atom. The van der Waals surface area contributed by atoms with Crippen molar-refractivity contribution < 1.29 is 9.53 Å². The summed E-state index contributed by atoms with van der Waals surface area (Å²) in [6, 6.07) is 0. The summed E-state index contributed by atoms with van der Waals surface area (Å²) in [7, 11) is 0. The quantitative estimate of drug-likeness (QED) is 0.744. The molecule has 4 nitrogen and oxygen atoms in total. The number of rotatable bonds is 1. The van der Waals surface area contributed by atoms with Crippen molar-refractivity contribution in [2.24, 2.45) is 0 Å². The Balaban J connectivity index is 1.94. The van der Waals surface area contributed by atoms with Gasteiger partial charge in [0.15, 0.2) is 0 Å². The smallest absolute Gasteiger partial charge is 0.410 e. The molecule has 2 heterocycles. The maximum atomic E-state index is 12.0. The number of carbonyl (C=O) groups excluding carboxylic acids is 1. The fourth-order valence-corrected chi connectivity index (χ4v) is 3.17. The molecule has 0 spiro atoms. The molecule has 1 aromatic heterocycles. The van der Waals surface area contributed by atoms with E-state index in [2.05, 4.69) is 4.98 Å². The van der Waals surface area contributed by atoms with Crippen molar-refractivity contribution in [3.05, 3.63) is 16.6 Å². The van der Waals surface area contributed by atoms with E-state index in [0.717, 1.165) is 5.01 Å².